The molecule has 0 radical (unpaired) electrons. The molecule has 4 heteroatoms. The Balaban J connectivity index is 2.12. The molecule has 0 aliphatic carbocycles. The molecular formula is C14H23N3O. The van der Waals surface area contributed by atoms with Crippen LogP contribution in [0.3, 0.4) is 0 Å². The van der Waals surface area contributed by atoms with Gasteiger partial charge in [0.2, 0.25) is 0 Å². The third kappa shape index (κ3) is 3.09. The first-order valence-electron chi connectivity index (χ1n) is 6.61. The molecule has 1 aliphatic rings. The van der Waals surface area contributed by atoms with Crippen LogP contribution < -0.4 is 11.3 Å². The lowest BCUT2D eigenvalue weighted by Crippen LogP contribution is -2.49. The first-order valence-corrected chi connectivity index (χ1v) is 6.61. The van der Waals surface area contributed by atoms with Gasteiger partial charge in [0.1, 0.15) is 0 Å². The van der Waals surface area contributed by atoms with Gasteiger partial charge in [-0.15, -0.1) is 0 Å². The summed E-state index contributed by atoms with van der Waals surface area (Å²) in [5, 5.41) is 0. The molecule has 0 spiro atoms. The van der Waals surface area contributed by atoms with E-state index in [2.05, 4.69) is 48.4 Å². The minimum Gasteiger partial charge on any atom is -0.374 e. The van der Waals surface area contributed by atoms with E-state index in [1.54, 1.807) is 0 Å². The van der Waals surface area contributed by atoms with E-state index in [9.17, 15) is 0 Å². The Morgan fingerprint density at radius 3 is 3.06 bits per heavy atom. The molecule has 1 saturated heterocycles. The summed E-state index contributed by atoms with van der Waals surface area (Å²) in [5.74, 6) is 5.72. The average Bonchev–Trinajstić information content (AvgIpc) is 2.40. The van der Waals surface area contributed by atoms with E-state index in [1.807, 2.05) is 0 Å². The fraction of sp³-hybridized carbons (Fsp3) is 0.571. The lowest BCUT2D eigenvalue weighted by Gasteiger charge is -2.36. The second-order valence-corrected chi connectivity index (χ2v) is 4.86. The summed E-state index contributed by atoms with van der Waals surface area (Å²) >= 11 is 0. The predicted molar refractivity (Wildman–Crippen MR) is 73.1 cm³/mol. The highest BCUT2D eigenvalue weighted by Crippen LogP contribution is 2.22. The maximum atomic E-state index is 5.87. The van der Waals surface area contributed by atoms with Crippen LogP contribution in [0.25, 0.3) is 0 Å². The van der Waals surface area contributed by atoms with Crippen molar-refractivity contribution >= 4 is 0 Å². The molecule has 1 aromatic carbocycles. The number of aryl methyl sites for hydroxylation is 1. The number of hydrogen-bond acceptors (Lipinski definition) is 4. The highest BCUT2D eigenvalue weighted by Gasteiger charge is 2.28. The van der Waals surface area contributed by atoms with Crippen molar-refractivity contribution in [2.75, 3.05) is 26.2 Å². The van der Waals surface area contributed by atoms with Gasteiger partial charge in [-0.25, -0.2) is 0 Å². The SMILES string of the molecule is CCN1CCOC(C(NN)c2cccc(C)c2)C1. The fourth-order valence-corrected chi connectivity index (χ4v) is 2.50. The molecule has 0 saturated carbocycles. The van der Waals surface area contributed by atoms with Crippen molar-refractivity contribution in [1.29, 1.82) is 0 Å². The van der Waals surface area contributed by atoms with Gasteiger partial charge < -0.3 is 4.74 Å². The van der Waals surface area contributed by atoms with Crippen molar-refractivity contribution in [3.8, 4) is 0 Å². The number of nitrogens with one attached hydrogen (secondary N) is 1. The zero-order chi connectivity index (χ0) is 13.0. The molecule has 2 unspecified atom stereocenters. The van der Waals surface area contributed by atoms with Gasteiger partial charge in [-0.1, -0.05) is 36.8 Å². The topological polar surface area (TPSA) is 50.5 Å². The highest BCUT2D eigenvalue weighted by molar-refractivity contribution is 5.26. The van der Waals surface area contributed by atoms with Crippen LogP contribution in [0.15, 0.2) is 24.3 Å². The summed E-state index contributed by atoms with van der Waals surface area (Å²) in [7, 11) is 0. The lowest BCUT2D eigenvalue weighted by atomic mass is 9.99. The molecule has 0 amide bonds. The molecule has 18 heavy (non-hydrogen) atoms. The van der Waals surface area contributed by atoms with Crippen molar-refractivity contribution in [2.24, 2.45) is 5.84 Å². The monoisotopic (exact) mass is 249 g/mol. The molecule has 2 atom stereocenters. The third-order valence-corrected chi connectivity index (χ3v) is 3.58. The molecule has 100 valence electrons. The van der Waals surface area contributed by atoms with Gasteiger partial charge >= 0.3 is 0 Å². The van der Waals surface area contributed by atoms with Gasteiger partial charge in [0.25, 0.3) is 0 Å². The average molecular weight is 249 g/mol. The smallest absolute Gasteiger partial charge is 0.0909 e. The van der Waals surface area contributed by atoms with Crippen molar-refractivity contribution in [3.05, 3.63) is 35.4 Å². The number of benzene rings is 1. The molecule has 0 aromatic heterocycles. The van der Waals surface area contributed by atoms with Gasteiger partial charge in [-0.3, -0.25) is 16.2 Å². The van der Waals surface area contributed by atoms with E-state index >= 15 is 0 Å². The second-order valence-electron chi connectivity index (χ2n) is 4.86. The molecule has 0 bridgehead atoms. The van der Waals surface area contributed by atoms with Crippen molar-refractivity contribution in [3.63, 3.8) is 0 Å². The normalized spacial score (nSPS) is 22.9. The van der Waals surface area contributed by atoms with E-state index in [4.69, 9.17) is 10.6 Å². The van der Waals surface area contributed by atoms with E-state index in [1.165, 1.54) is 11.1 Å². The van der Waals surface area contributed by atoms with Crippen LogP contribution in [0.1, 0.15) is 24.1 Å². The zero-order valence-corrected chi connectivity index (χ0v) is 11.2. The minimum atomic E-state index is 0.0549. The highest BCUT2D eigenvalue weighted by atomic mass is 16.5. The van der Waals surface area contributed by atoms with Crippen molar-refractivity contribution in [1.82, 2.24) is 10.3 Å². The summed E-state index contributed by atoms with van der Waals surface area (Å²) in [6.45, 7) is 8.06. The van der Waals surface area contributed by atoms with E-state index in [-0.39, 0.29) is 12.1 Å². The van der Waals surface area contributed by atoms with Crippen molar-refractivity contribution < 1.29 is 4.74 Å². The maximum Gasteiger partial charge on any atom is 0.0909 e. The molecule has 1 fully saturated rings. The number of hydrogen-bond donors (Lipinski definition) is 2. The standard InChI is InChI=1S/C14H23N3O/c1-3-17-7-8-18-13(10-17)14(16-15)12-6-4-5-11(2)9-12/h4-6,9,13-14,16H,3,7-8,10,15H2,1-2H3. The number of likely N-dealkylation sites (N-methyl/N-ethyl adjacent to an activating group) is 1. The third-order valence-electron chi connectivity index (χ3n) is 3.58. The number of rotatable bonds is 4. The summed E-state index contributed by atoms with van der Waals surface area (Å²) in [6, 6.07) is 8.48. The summed E-state index contributed by atoms with van der Waals surface area (Å²) < 4.78 is 5.87. The van der Waals surface area contributed by atoms with E-state index in [0.29, 0.717) is 0 Å². The summed E-state index contributed by atoms with van der Waals surface area (Å²) in [5.41, 5.74) is 5.35. The number of morpholine rings is 1. The maximum absolute atomic E-state index is 5.87. The van der Waals surface area contributed by atoms with E-state index in [0.717, 1.165) is 26.2 Å². The van der Waals surface area contributed by atoms with E-state index < -0.39 is 0 Å². The van der Waals surface area contributed by atoms with Crippen LogP contribution in [-0.2, 0) is 4.74 Å². The van der Waals surface area contributed by atoms with Crippen LogP contribution in [0.5, 0.6) is 0 Å². The number of ether oxygens (including phenoxy) is 1. The van der Waals surface area contributed by atoms with Gasteiger partial charge in [0.05, 0.1) is 18.8 Å². The number of nitrogens with zero attached hydrogens (tertiary/aromatic N) is 1. The molecular weight excluding hydrogens is 226 g/mol. The Labute approximate surface area is 109 Å². The molecule has 4 nitrogen and oxygen atoms in total. The summed E-state index contributed by atoms with van der Waals surface area (Å²) in [6.07, 6.45) is 0.116. The Morgan fingerprint density at radius 1 is 1.56 bits per heavy atom. The van der Waals surface area contributed by atoms with Crippen LogP contribution in [-0.4, -0.2) is 37.2 Å². The first-order chi connectivity index (χ1) is 8.74. The minimum absolute atomic E-state index is 0.0549. The van der Waals surface area contributed by atoms with Gasteiger partial charge in [0.15, 0.2) is 0 Å². The fourth-order valence-electron chi connectivity index (χ4n) is 2.50. The van der Waals surface area contributed by atoms with Gasteiger partial charge in [-0.05, 0) is 19.0 Å². The predicted octanol–water partition coefficient (Wildman–Crippen LogP) is 1.22. The van der Waals surface area contributed by atoms with Crippen LogP contribution in [0.4, 0.5) is 0 Å². The Morgan fingerprint density at radius 2 is 2.39 bits per heavy atom. The quantitative estimate of drug-likeness (QED) is 0.622. The largest absolute Gasteiger partial charge is 0.374 e. The molecule has 3 N–H and O–H groups in total. The van der Waals surface area contributed by atoms with Gasteiger partial charge in [-0.2, -0.15) is 0 Å². The van der Waals surface area contributed by atoms with Gasteiger partial charge in [0, 0.05) is 13.1 Å². The lowest BCUT2D eigenvalue weighted by molar-refractivity contribution is -0.0456. The first kappa shape index (κ1) is 13.5. The second kappa shape index (κ2) is 6.29. The summed E-state index contributed by atoms with van der Waals surface area (Å²) in [4.78, 5) is 2.40. The Kier molecular flexibility index (Phi) is 4.72. The zero-order valence-electron chi connectivity index (χ0n) is 11.2. The van der Waals surface area contributed by atoms with Crippen LogP contribution in [0.2, 0.25) is 0 Å². The van der Waals surface area contributed by atoms with Crippen molar-refractivity contribution in [2.45, 2.75) is 26.0 Å². The number of nitrogens with two attached hydrogens (primary N) is 1. The molecule has 2 rings (SSSR count). The Hall–Kier alpha value is -0.940. The Bertz CT molecular complexity index is 383. The molecule has 1 heterocycles. The molecule has 1 aromatic rings. The molecule has 1 aliphatic heterocycles. The van der Waals surface area contributed by atoms with Crippen LogP contribution in [0, 0.1) is 6.92 Å². The number of hydrazine groups is 1. The van der Waals surface area contributed by atoms with Crippen LogP contribution >= 0.6 is 0 Å².